The molecule has 0 bridgehead atoms. The van der Waals surface area contributed by atoms with Crippen LogP contribution < -0.4 is 14.2 Å². The number of aromatic amines is 1. The van der Waals surface area contributed by atoms with Crippen molar-refractivity contribution in [2.75, 3.05) is 47.5 Å². The minimum absolute atomic E-state index is 0.0647. The van der Waals surface area contributed by atoms with Gasteiger partial charge in [0.2, 0.25) is 0 Å². The highest BCUT2D eigenvalue weighted by molar-refractivity contribution is 6.33. The number of piperazine rings is 1. The van der Waals surface area contributed by atoms with Gasteiger partial charge in [0.25, 0.3) is 11.8 Å². The largest absolute Gasteiger partial charge is 0.496 e. The van der Waals surface area contributed by atoms with Gasteiger partial charge in [-0.3, -0.25) is 9.59 Å². The van der Waals surface area contributed by atoms with Crippen molar-refractivity contribution in [2.24, 2.45) is 0 Å². The van der Waals surface area contributed by atoms with E-state index >= 15 is 0 Å². The molecule has 0 spiro atoms. The van der Waals surface area contributed by atoms with Gasteiger partial charge in [0.05, 0.1) is 37.4 Å². The Hall–Kier alpha value is -3.46. The van der Waals surface area contributed by atoms with Crippen molar-refractivity contribution >= 4 is 34.3 Å². The number of fused-ring (bicyclic) bond motifs is 1. The third kappa shape index (κ3) is 4.16. The van der Waals surface area contributed by atoms with E-state index < -0.39 is 5.82 Å². The van der Waals surface area contributed by atoms with E-state index in [0.717, 1.165) is 6.07 Å². The fraction of sp³-hybridized carbons (Fsp3) is 0.304. The van der Waals surface area contributed by atoms with Crippen LogP contribution >= 0.6 is 11.6 Å². The standard InChI is InChI=1S/C23H23ClFN3O5/c1-31-18-12-19(32-2)21(33-3)20-15(18)11-17(26-20)23(30)28-8-6-27(7-9-28)22(29)14-5-4-13(25)10-16(14)24/h4-5,10-12,26H,6-9H2,1-3H3. The number of nitrogens with one attached hydrogen (secondary N) is 1. The monoisotopic (exact) mass is 475 g/mol. The highest BCUT2D eigenvalue weighted by Gasteiger charge is 2.28. The van der Waals surface area contributed by atoms with Gasteiger partial charge in [-0.15, -0.1) is 0 Å². The molecule has 1 N–H and O–H groups in total. The highest BCUT2D eigenvalue weighted by Crippen LogP contribution is 2.41. The summed E-state index contributed by atoms with van der Waals surface area (Å²) in [5, 5.41) is 0.758. The molecule has 2 amide bonds. The molecule has 0 atom stereocenters. The van der Waals surface area contributed by atoms with Gasteiger partial charge in [0.15, 0.2) is 11.5 Å². The Morgan fingerprint density at radius 1 is 0.909 bits per heavy atom. The maximum Gasteiger partial charge on any atom is 0.270 e. The summed E-state index contributed by atoms with van der Waals surface area (Å²) in [5.41, 5.74) is 1.20. The Morgan fingerprint density at radius 2 is 1.55 bits per heavy atom. The van der Waals surface area contributed by atoms with Gasteiger partial charge >= 0.3 is 0 Å². The van der Waals surface area contributed by atoms with Crippen LogP contribution in [0.15, 0.2) is 30.3 Å². The molecule has 1 aliphatic heterocycles. The van der Waals surface area contributed by atoms with Crippen LogP contribution in [0.1, 0.15) is 20.8 Å². The quantitative estimate of drug-likeness (QED) is 0.609. The highest BCUT2D eigenvalue weighted by atomic mass is 35.5. The first-order valence-corrected chi connectivity index (χ1v) is 10.6. The summed E-state index contributed by atoms with van der Waals surface area (Å²) in [6, 6.07) is 7.11. The van der Waals surface area contributed by atoms with Gasteiger partial charge in [-0.05, 0) is 24.3 Å². The van der Waals surface area contributed by atoms with Crippen molar-refractivity contribution in [1.29, 1.82) is 0 Å². The van der Waals surface area contributed by atoms with Crippen molar-refractivity contribution in [3.8, 4) is 17.2 Å². The predicted molar refractivity (Wildman–Crippen MR) is 121 cm³/mol. The molecule has 0 aliphatic carbocycles. The number of carbonyl (C=O) groups excluding carboxylic acids is 2. The number of benzene rings is 2. The lowest BCUT2D eigenvalue weighted by Gasteiger charge is -2.34. The smallest absolute Gasteiger partial charge is 0.270 e. The van der Waals surface area contributed by atoms with Crippen LogP contribution in [0.25, 0.3) is 10.9 Å². The molecule has 0 unspecified atom stereocenters. The predicted octanol–water partition coefficient (Wildman–Crippen LogP) is 3.58. The van der Waals surface area contributed by atoms with Crippen molar-refractivity contribution in [1.82, 2.24) is 14.8 Å². The summed E-state index contributed by atoms with van der Waals surface area (Å²) < 4.78 is 29.6. The second-order valence-electron chi connectivity index (χ2n) is 7.49. The molecular weight excluding hydrogens is 453 g/mol. The fourth-order valence-corrected chi connectivity index (χ4v) is 4.22. The van der Waals surface area contributed by atoms with Crippen LogP contribution in [0.2, 0.25) is 5.02 Å². The molecule has 0 saturated carbocycles. The van der Waals surface area contributed by atoms with E-state index in [1.807, 2.05) is 0 Å². The minimum Gasteiger partial charge on any atom is -0.496 e. The first-order chi connectivity index (χ1) is 15.9. The van der Waals surface area contributed by atoms with E-state index in [0.29, 0.717) is 60.0 Å². The summed E-state index contributed by atoms with van der Waals surface area (Å²) >= 11 is 6.03. The van der Waals surface area contributed by atoms with Crippen LogP contribution in [0.3, 0.4) is 0 Å². The molecule has 4 rings (SSSR count). The number of carbonyl (C=O) groups is 2. The molecule has 2 heterocycles. The second-order valence-corrected chi connectivity index (χ2v) is 7.90. The zero-order valence-corrected chi connectivity index (χ0v) is 19.2. The average Bonchev–Trinajstić information content (AvgIpc) is 3.27. The van der Waals surface area contributed by atoms with Gasteiger partial charge in [-0.2, -0.15) is 0 Å². The van der Waals surface area contributed by atoms with Crippen LogP contribution in [0, 0.1) is 5.82 Å². The number of H-pyrrole nitrogens is 1. The number of aromatic nitrogens is 1. The van der Waals surface area contributed by atoms with Gasteiger partial charge in [0, 0.05) is 37.6 Å². The zero-order valence-electron chi connectivity index (χ0n) is 18.4. The Kier molecular flexibility index (Phi) is 6.33. The number of amides is 2. The van der Waals surface area contributed by atoms with E-state index in [1.165, 1.54) is 26.4 Å². The maximum absolute atomic E-state index is 13.3. The van der Waals surface area contributed by atoms with Crippen LogP contribution in [0.5, 0.6) is 17.2 Å². The number of nitrogens with zero attached hydrogens (tertiary/aromatic N) is 2. The van der Waals surface area contributed by atoms with Gasteiger partial charge in [0.1, 0.15) is 17.3 Å². The van der Waals surface area contributed by atoms with Gasteiger partial charge in [-0.1, -0.05) is 11.6 Å². The van der Waals surface area contributed by atoms with Crippen molar-refractivity contribution in [2.45, 2.75) is 0 Å². The molecule has 1 saturated heterocycles. The number of rotatable bonds is 5. The summed E-state index contributed by atoms with van der Waals surface area (Å²) in [6.07, 6.45) is 0. The summed E-state index contributed by atoms with van der Waals surface area (Å²) in [4.78, 5) is 32.3. The second kappa shape index (κ2) is 9.19. The molecular formula is C23H23ClFN3O5. The third-order valence-corrected chi connectivity index (χ3v) is 6.00. The van der Waals surface area contributed by atoms with E-state index in [1.54, 1.807) is 29.0 Å². The van der Waals surface area contributed by atoms with Gasteiger partial charge < -0.3 is 29.0 Å². The fourth-order valence-electron chi connectivity index (χ4n) is 3.97. The molecule has 3 aromatic rings. The Bertz CT molecular complexity index is 1220. The summed E-state index contributed by atoms with van der Waals surface area (Å²) in [6.45, 7) is 1.35. The molecule has 2 aromatic carbocycles. The Balaban J connectivity index is 1.52. The Labute approximate surface area is 194 Å². The maximum atomic E-state index is 13.3. The molecule has 33 heavy (non-hydrogen) atoms. The van der Waals surface area contributed by atoms with Crippen molar-refractivity contribution in [3.05, 3.63) is 52.4 Å². The van der Waals surface area contributed by atoms with Crippen LogP contribution in [0.4, 0.5) is 4.39 Å². The SMILES string of the molecule is COc1cc(OC)c2cc(C(=O)N3CCN(C(=O)c4ccc(F)cc4Cl)CC3)[nH]c2c1OC. The molecule has 10 heteroatoms. The van der Waals surface area contributed by atoms with E-state index in [-0.39, 0.29) is 22.4 Å². The first kappa shape index (κ1) is 22.7. The van der Waals surface area contributed by atoms with Crippen LogP contribution in [-0.4, -0.2) is 74.1 Å². The molecule has 174 valence electrons. The average molecular weight is 476 g/mol. The molecule has 1 fully saturated rings. The van der Waals surface area contributed by atoms with Crippen molar-refractivity contribution in [3.63, 3.8) is 0 Å². The number of hydrogen-bond acceptors (Lipinski definition) is 5. The zero-order chi connectivity index (χ0) is 23.7. The number of hydrogen-bond donors (Lipinski definition) is 1. The van der Waals surface area contributed by atoms with E-state index in [9.17, 15) is 14.0 Å². The van der Waals surface area contributed by atoms with E-state index in [2.05, 4.69) is 4.98 Å². The first-order valence-electron chi connectivity index (χ1n) is 10.2. The number of halogens is 2. The number of methoxy groups -OCH3 is 3. The third-order valence-electron chi connectivity index (χ3n) is 5.69. The summed E-state index contributed by atoms with van der Waals surface area (Å²) in [7, 11) is 4.59. The molecule has 1 aliphatic rings. The lowest BCUT2D eigenvalue weighted by Crippen LogP contribution is -2.50. The van der Waals surface area contributed by atoms with Crippen molar-refractivity contribution < 1.29 is 28.2 Å². The lowest BCUT2D eigenvalue weighted by atomic mass is 10.1. The summed E-state index contributed by atoms with van der Waals surface area (Å²) in [5.74, 6) is 0.495. The lowest BCUT2D eigenvalue weighted by molar-refractivity contribution is 0.0533. The van der Waals surface area contributed by atoms with Crippen LogP contribution in [-0.2, 0) is 0 Å². The minimum atomic E-state index is -0.504. The molecule has 8 nitrogen and oxygen atoms in total. The van der Waals surface area contributed by atoms with E-state index in [4.69, 9.17) is 25.8 Å². The molecule has 0 radical (unpaired) electrons. The number of ether oxygens (including phenoxy) is 3. The topological polar surface area (TPSA) is 84.1 Å². The molecule has 1 aromatic heterocycles. The van der Waals surface area contributed by atoms with Gasteiger partial charge in [-0.25, -0.2) is 4.39 Å². The Morgan fingerprint density at radius 3 is 2.12 bits per heavy atom. The normalized spacial score (nSPS) is 13.8.